The van der Waals surface area contributed by atoms with Crippen LogP contribution in [0.2, 0.25) is 0 Å². The molecule has 2 aromatic carbocycles. The second-order valence-electron chi connectivity index (χ2n) is 7.88. The Hall–Kier alpha value is -2.79. The van der Waals surface area contributed by atoms with E-state index < -0.39 is 15.9 Å². The van der Waals surface area contributed by atoms with Crippen LogP contribution in [0.4, 0.5) is 11.4 Å². The Morgan fingerprint density at radius 1 is 0.879 bits per heavy atom. The third-order valence-electron chi connectivity index (χ3n) is 5.72. The maximum Gasteiger partial charge on any atom is 0.257 e. The van der Waals surface area contributed by atoms with Crippen molar-refractivity contribution in [1.29, 1.82) is 0 Å². The molecule has 9 nitrogen and oxygen atoms in total. The molecule has 2 aromatic rings. The van der Waals surface area contributed by atoms with Crippen LogP contribution in [0.25, 0.3) is 0 Å². The number of amides is 1. The summed E-state index contributed by atoms with van der Waals surface area (Å²) in [6, 6.07) is 11.3. The molecule has 0 atom stereocenters. The second-order valence-corrected chi connectivity index (χ2v) is 9.82. The Labute approximate surface area is 193 Å². The number of ketones is 1. The molecule has 0 aliphatic carbocycles. The average Bonchev–Trinajstić information content (AvgIpc) is 2.85. The molecule has 0 radical (unpaired) electrons. The van der Waals surface area contributed by atoms with E-state index in [1.54, 1.807) is 36.4 Å². The zero-order valence-corrected chi connectivity index (χ0v) is 19.3. The van der Waals surface area contributed by atoms with Crippen LogP contribution in [0, 0.1) is 0 Å². The third-order valence-corrected chi connectivity index (χ3v) is 7.62. The van der Waals surface area contributed by atoms with E-state index in [4.69, 9.17) is 9.47 Å². The summed E-state index contributed by atoms with van der Waals surface area (Å²) >= 11 is 0. The number of hydrogen-bond acceptors (Lipinski definition) is 7. The van der Waals surface area contributed by atoms with E-state index >= 15 is 0 Å². The second kappa shape index (κ2) is 10.0. The summed E-state index contributed by atoms with van der Waals surface area (Å²) < 4.78 is 38.4. The van der Waals surface area contributed by atoms with Crippen molar-refractivity contribution in [3.63, 3.8) is 0 Å². The van der Waals surface area contributed by atoms with Crippen molar-refractivity contribution in [1.82, 2.24) is 4.31 Å². The van der Waals surface area contributed by atoms with Gasteiger partial charge in [-0.15, -0.1) is 0 Å². The number of rotatable bonds is 6. The average molecular weight is 474 g/mol. The zero-order valence-electron chi connectivity index (χ0n) is 18.5. The molecule has 0 saturated carbocycles. The van der Waals surface area contributed by atoms with Crippen LogP contribution in [-0.4, -0.2) is 77.0 Å². The van der Waals surface area contributed by atoms with E-state index in [1.807, 2.05) is 4.90 Å². The van der Waals surface area contributed by atoms with Crippen LogP contribution in [0.3, 0.4) is 0 Å². The highest BCUT2D eigenvalue weighted by Gasteiger charge is 2.29. The van der Waals surface area contributed by atoms with Gasteiger partial charge < -0.3 is 19.7 Å². The van der Waals surface area contributed by atoms with Crippen molar-refractivity contribution < 1.29 is 27.5 Å². The van der Waals surface area contributed by atoms with E-state index in [0.29, 0.717) is 56.5 Å². The van der Waals surface area contributed by atoms with Gasteiger partial charge >= 0.3 is 0 Å². The summed E-state index contributed by atoms with van der Waals surface area (Å²) in [6.45, 7) is 4.97. The summed E-state index contributed by atoms with van der Waals surface area (Å²) in [6.07, 6.45) is 0. The summed E-state index contributed by atoms with van der Waals surface area (Å²) in [7, 11) is -3.76. The Kier molecular flexibility index (Phi) is 7.08. The zero-order chi connectivity index (χ0) is 23.4. The Morgan fingerprint density at radius 3 is 2.09 bits per heavy atom. The normalized spacial score (nSPS) is 17.5. The van der Waals surface area contributed by atoms with Gasteiger partial charge in [0.1, 0.15) is 0 Å². The SMILES string of the molecule is CC(=O)c1ccc(NC(=O)c2cc(S(=O)(=O)N3CCOCC3)ccc2N2CCOCC2)cc1. The summed E-state index contributed by atoms with van der Waals surface area (Å²) in [5, 5.41) is 2.83. The van der Waals surface area contributed by atoms with Crippen molar-refractivity contribution in [2.24, 2.45) is 0 Å². The molecule has 176 valence electrons. The van der Waals surface area contributed by atoms with E-state index in [9.17, 15) is 18.0 Å². The van der Waals surface area contributed by atoms with Crippen LogP contribution in [0.1, 0.15) is 27.6 Å². The van der Waals surface area contributed by atoms with Gasteiger partial charge in [0.25, 0.3) is 5.91 Å². The maximum absolute atomic E-state index is 13.3. The fraction of sp³-hybridized carbons (Fsp3) is 0.391. The summed E-state index contributed by atoms with van der Waals surface area (Å²) in [5.74, 6) is -0.491. The highest BCUT2D eigenvalue weighted by molar-refractivity contribution is 7.89. The highest BCUT2D eigenvalue weighted by Crippen LogP contribution is 2.28. The molecule has 2 heterocycles. The summed E-state index contributed by atoms with van der Waals surface area (Å²) in [5.41, 5.74) is 1.97. The molecular weight excluding hydrogens is 446 g/mol. The molecule has 0 spiro atoms. The van der Waals surface area contributed by atoms with Gasteiger partial charge in [-0.3, -0.25) is 9.59 Å². The van der Waals surface area contributed by atoms with Crippen molar-refractivity contribution in [2.45, 2.75) is 11.8 Å². The van der Waals surface area contributed by atoms with Gasteiger partial charge in [0.15, 0.2) is 5.78 Å². The number of ether oxygens (including phenoxy) is 2. The Bertz CT molecular complexity index is 1120. The van der Waals surface area contributed by atoms with Crippen LogP contribution < -0.4 is 10.2 Å². The maximum atomic E-state index is 13.3. The van der Waals surface area contributed by atoms with Crippen molar-refractivity contribution in [3.05, 3.63) is 53.6 Å². The Balaban J connectivity index is 1.67. The molecule has 2 saturated heterocycles. The van der Waals surface area contributed by atoms with E-state index in [-0.39, 0.29) is 29.3 Å². The quantitative estimate of drug-likeness (QED) is 0.640. The number of carbonyl (C=O) groups excluding carboxylic acids is 2. The van der Waals surface area contributed by atoms with Crippen LogP contribution in [0.15, 0.2) is 47.4 Å². The molecule has 1 N–H and O–H groups in total. The number of carbonyl (C=O) groups is 2. The molecule has 2 fully saturated rings. The first kappa shape index (κ1) is 23.4. The molecule has 33 heavy (non-hydrogen) atoms. The molecule has 0 unspecified atom stereocenters. The monoisotopic (exact) mass is 473 g/mol. The molecule has 0 bridgehead atoms. The number of benzene rings is 2. The first-order chi connectivity index (χ1) is 15.9. The Morgan fingerprint density at radius 2 is 1.48 bits per heavy atom. The molecule has 2 aliphatic rings. The lowest BCUT2D eigenvalue weighted by Gasteiger charge is -2.31. The van der Waals surface area contributed by atoms with Crippen molar-refractivity contribution >= 4 is 33.1 Å². The van der Waals surface area contributed by atoms with Crippen molar-refractivity contribution in [2.75, 3.05) is 62.8 Å². The standard InChI is InChI=1S/C23H27N3O6S/c1-17(27)18-2-4-19(5-3-18)24-23(28)21-16-20(33(29,30)26-10-14-32-15-11-26)6-7-22(21)25-8-12-31-13-9-25/h2-7,16H,8-15H2,1H3,(H,24,28). The lowest BCUT2D eigenvalue weighted by atomic mass is 10.1. The van der Waals surface area contributed by atoms with Gasteiger partial charge in [0.2, 0.25) is 10.0 Å². The van der Waals surface area contributed by atoms with Crippen LogP contribution in [0.5, 0.6) is 0 Å². The van der Waals surface area contributed by atoms with Gasteiger partial charge in [0.05, 0.1) is 36.9 Å². The molecule has 10 heteroatoms. The molecule has 2 aliphatic heterocycles. The van der Waals surface area contributed by atoms with E-state index in [0.717, 1.165) is 0 Å². The third kappa shape index (κ3) is 5.25. The first-order valence-corrected chi connectivity index (χ1v) is 12.3. The lowest BCUT2D eigenvalue weighted by molar-refractivity contribution is 0.0730. The minimum Gasteiger partial charge on any atom is -0.379 e. The van der Waals surface area contributed by atoms with Gasteiger partial charge in [-0.2, -0.15) is 4.31 Å². The van der Waals surface area contributed by atoms with E-state index in [2.05, 4.69) is 5.32 Å². The van der Waals surface area contributed by atoms with Crippen LogP contribution in [-0.2, 0) is 19.5 Å². The van der Waals surface area contributed by atoms with E-state index in [1.165, 1.54) is 17.3 Å². The number of Topliss-reactive ketones (excluding diaryl/α,β-unsaturated/α-hetero) is 1. The number of anilines is 2. The number of nitrogens with zero attached hydrogens (tertiary/aromatic N) is 2. The van der Waals surface area contributed by atoms with Gasteiger partial charge in [0, 0.05) is 43.1 Å². The topological polar surface area (TPSA) is 105 Å². The molecular formula is C23H27N3O6S. The number of nitrogens with one attached hydrogen (secondary N) is 1. The predicted molar refractivity (Wildman–Crippen MR) is 123 cm³/mol. The number of sulfonamides is 1. The van der Waals surface area contributed by atoms with Gasteiger partial charge in [-0.05, 0) is 49.4 Å². The van der Waals surface area contributed by atoms with Crippen LogP contribution >= 0.6 is 0 Å². The number of morpholine rings is 2. The van der Waals surface area contributed by atoms with Crippen molar-refractivity contribution in [3.8, 4) is 0 Å². The molecule has 4 rings (SSSR count). The number of hydrogen-bond donors (Lipinski definition) is 1. The minimum absolute atomic E-state index is 0.0662. The summed E-state index contributed by atoms with van der Waals surface area (Å²) in [4.78, 5) is 26.9. The van der Waals surface area contributed by atoms with Gasteiger partial charge in [-0.1, -0.05) is 0 Å². The fourth-order valence-electron chi connectivity index (χ4n) is 3.86. The first-order valence-electron chi connectivity index (χ1n) is 10.8. The minimum atomic E-state index is -3.76. The molecule has 0 aromatic heterocycles. The highest BCUT2D eigenvalue weighted by atomic mass is 32.2. The smallest absolute Gasteiger partial charge is 0.257 e. The predicted octanol–water partition coefficient (Wildman–Crippen LogP) is 2.00. The van der Waals surface area contributed by atoms with Gasteiger partial charge in [-0.25, -0.2) is 8.42 Å². The fourth-order valence-corrected chi connectivity index (χ4v) is 5.29. The molecule has 1 amide bonds. The largest absolute Gasteiger partial charge is 0.379 e. The lowest BCUT2D eigenvalue weighted by Crippen LogP contribution is -2.41.